The first-order chi connectivity index (χ1) is 4.36. The minimum Gasteiger partial charge on any atom is -0.481 e. The first-order valence-electron chi connectivity index (χ1n) is 2.63. The van der Waals surface area contributed by atoms with Crippen LogP contribution in [0.5, 0.6) is 0 Å². The highest BCUT2D eigenvalue weighted by Gasteiger charge is 2.18. The second-order valence-electron chi connectivity index (χ2n) is 2.66. The molecule has 0 heterocycles. The van der Waals surface area contributed by atoms with Gasteiger partial charge >= 0.3 is 5.97 Å². The van der Waals surface area contributed by atoms with Crippen molar-refractivity contribution in [3.63, 3.8) is 0 Å². The number of isocyanates is 1. The van der Waals surface area contributed by atoms with Crippen LogP contribution in [-0.2, 0) is 9.59 Å². The lowest BCUT2D eigenvalue weighted by Crippen LogP contribution is -2.18. The number of rotatable bonds is 0. The van der Waals surface area contributed by atoms with Crippen LogP contribution >= 0.6 is 0 Å². The highest BCUT2D eigenvalue weighted by Crippen LogP contribution is 2.11. The molecule has 0 aromatic heterocycles. The average Bonchev–Trinajstić information content (AvgIpc) is 1.64. The Morgan fingerprint density at radius 3 is 1.60 bits per heavy atom. The molecule has 4 heteroatoms. The third kappa shape index (κ3) is 9.97. The number of carboxylic acid groups (broad SMARTS) is 1. The number of nitrogens with one attached hydrogen (secondary N) is 1. The summed E-state index contributed by atoms with van der Waals surface area (Å²) in [4.78, 5) is 18.4. The first-order valence-corrected chi connectivity index (χ1v) is 2.63. The van der Waals surface area contributed by atoms with Gasteiger partial charge in [0.05, 0.1) is 5.41 Å². The quantitative estimate of drug-likeness (QED) is 0.394. The van der Waals surface area contributed by atoms with Crippen molar-refractivity contribution < 1.29 is 14.7 Å². The summed E-state index contributed by atoms with van der Waals surface area (Å²) in [5.74, 6) is -0.757. The van der Waals surface area contributed by atoms with Gasteiger partial charge in [-0.3, -0.25) is 4.79 Å². The van der Waals surface area contributed by atoms with E-state index in [9.17, 15) is 4.79 Å². The van der Waals surface area contributed by atoms with Crippen molar-refractivity contribution in [2.45, 2.75) is 20.8 Å². The Bertz CT molecular complexity index is 140. The summed E-state index contributed by atoms with van der Waals surface area (Å²) in [6.07, 6.45) is 0.750. The Morgan fingerprint density at radius 1 is 1.50 bits per heavy atom. The molecular weight excluding hydrogens is 134 g/mol. The van der Waals surface area contributed by atoms with E-state index in [1.807, 2.05) is 0 Å². The molecule has 0 aromatic carbocycles. The minimum atomic E-state index is -0.757. The molecule has 2 N–H and O–H groups in total. The van der Waals surface area contributed by atoms with Gasteiger partial charge < -0.3 is 5.11 Å². The molecule has 4 nitrogen and oxygen atoms in total. The number of carbonyl (C=O) groups excluding carboxylic acids is 1. The van der Waals surface area contributed by atoms with Crippen LogP contribution in [0.1, 0.15) is 20.8 Å². The number of carboxylic acids is 1. The molecule has 0 aromatic rings. The summed E-state index contributed by atoms with van der Waals surface area (Å²) in [5, 5.41) is 13.7. The molecule has 0 atom stereocenters. The van der Waals surface area contributed by atoms with Crippen molar-refractivity contribution in [2.24, 2.45) is 5.41 Å². The highest BCUT2D eigenvalue weighted by atomic mass is 16.4. The van der Waals surface area contributed by atoms with Crippen molar-refractivity contribution in [1.82, 2.24) is 0 Å². The zero-order valence-electron chi connectivity index (χ0n) is 6.26. The van der Waals surface area contributed by atoms with E-state index in [1.165, 1.54) is 0 Å². The molecule has 58 valence electrons. The highest BCUT2D eigenvalue weighted by molar-refractivity contribution is 5.72. The van der Waals surface area contributed by atoms with E-state index in [4.69, 9.17) is 15.3 Å². The van der Waals surface area contributed by atoms with Crippen LogP contribution in [0.15, 0.2) is 0 Å². The van der Waals surface area contributed by atoms with Crippen LogP contribution in [0.4, 0.5) is 0 Å². The lowest BCUT2D eigenvalue weighted by atomic mass is 9.98. The van der Waals surface area contributed by atoms with Crippen molar-refractivity contribution in [3.05, 3.63) is 0 Å². The second-order valence-corrected chi connectivity index (χ2v) is 2.66. The van der Waals surface area contributed by atoms with E-state index >= 15 is 0 Å². The summed E-state index contributed by atoms with van der Waals surface area (Å²) in [7, 11) is 0. The molecular formula is C6H11NO3. The summed E-state index contributed by atoms with van der Waals surface area (Å²) in [6, 6.07) is 0. The Balaban J connectivity index is 0. The second kappa shape index (κ2) is 4.70. The fraction of sp³-hybridized carbons (Fsp3) is 0.667. The van der Waals surface area contributed by atoms with Gasteiger partial charge in [-0.1, -0.05) is 0 Å². The third-order valence-corrected chi connectivity index (χ3v) is 0.642. The van der Waals surface area contributed by atoms with Gasteiger partial charge in [0, 0.05) is 0 Å². The van der Waals surface area contributed by atoms with Crippen molar-refractivity contribution in [1.29, 1.82) is 5.41 Å². The average molecular weight is 145 g/mol. The van der Waals surface area contributed by atoms with Gasteiger partial charge in [-0.25, -0.2) is 10.2 Å². The van der Waals surface area contributed by atoms with Gasteiger partial charge in [-0.15, -0.1) is 0 Å². The van der Waals surface area contributed by atoms with E-state index in [1.54, 1.807) is 20.8 Å². The first kappa shape index (κ1) is 11.6. The van der Waals surface area contributed by atoms with Crippen LogP contribution in [0, 0.1) is 10.8 Å². The molecule has 0 rings (SSSR count). The molecule has 0 unspecified atom stereocenters. The van der Waals surface area contributed by atoms with Crippen molar-refractivity contribution >= 4 is 12.0 Å². The predicted molar refractivity (Wildman–Crippen MR) is 35.5 cm³/mol. The van der Waals surface area contributed by atoms with E-state index in [2.05, 4.69) is 0 Å². The lowest BCUT2D eigenvalue weighted by molar-refractivity contribution is -0.145. The summed E-state index contributed by atoms with van der Waals surface area (Å²) < 4.78 is 0. The number of hydrogen-bond acceptors (Lipinski definition) is 3. The molecule has 0 bridgehead atoms. The van der Waals surface area contributed by atoms with Gasteiger partial charge in [-0.2, -0.15) is 0 Å². The fourth-order valence-corrected chi connectivity index (χ4v) is 0. The van der Waals surface area contributed by atoms with Crippen LogP contribution in [0.25, 0.3) is 0 Å². The summed E-state index contributed by atoms with van der Waals surface area (Å²) in [5.41, 5.74) is -0.583. The number of hydrogen-bond donors (Lipinski definition) is 2. The topological polar surface area (TPSA) is 78.2 Å². The molecule has 0 aliphatic rings. The molecule has 0 saturated heterocycles. The molecule has 0 spiro atoms. The molecule has 0 amide bonds. The van der Waals surface area contributed by atoms with Crippen molar-refractivity contribution in [3.8, 4) is 0 Å². The zero-order chi connectivity index (χ0) is 8.78. The molecule has 0 aliphatic heterocycles. The molecule has 0 radical (unpaired) electrons. The van der Waals surface area contributed by atoms with Crippen LogP contribution in [0.3, 0.4) is 0 Å². The summed E-state index contributed by atoms with van der Waals surface area (Å²) >= 11 is 0. The molecule has 0 fully saturated rings. The van der Waals surface area contributed by atoms with Crippen LogP contribution in [0.2, 0.25) is 0 Å². The maximum Gasteiger partial charge on any atom is 0.308 e. The van der Waals surface area contributed by atoms with Crippen LogP contribution < -0.4 is 0 Å². The monoisotopic (exact) mass is 145 g/mol. The maximum atomic E-state index is 10.0. The van der Waals surface area contributed by atoms with Gasteiger partial charge in [0.15, 0.2) is 0 Å². The standard InChI is InChI=1S/C5H10O2.CHNO/c1-5(2,3)4(6)7;2-1-3/h1-3H3,(H,6,7);2H. The normalized spacial score (nSPS) is 8.70. The Hall–Kier alpha value is -1.15. The SMILES string of the molecule is CC(C)(C)C(=O)O.N=C=O. The van der Waals surface area contributed by atoms with E-state index in [0.29, 0.717) is 0 Å². The van der Waals surface area contributed by atoms with E-state index in [-0.39, 0.29) is 0 Å². The van der Waals surface area contributed by atoms with Gasteiger partial charge in [-0.05, 0) is 20.8 Å². The summed E-state index contributed by atoms with van der Waals surface area (Å²) in [6.45, 7) is 4.99. The van der Waals surface area contributed by atoms with E-state index in [0.717, 1.165) is 6.08 Å². The lowest BCUT2D eigenvalue weighted by Gasteiger charge is -2.08. The maximum absolute atomic E-state index is 10.0. The van der Waals surface area contributed by atoms with Crippen LogP contribution in [-0.4, -0.2) is 17.2 Å². The van der Waals surface area contributed by atoms with E-state index < -0.39 is 11.4 Å². The Morgan fingerprint density at radius 2 is 1.60 bits per heavy atom. The Kier molecular flexibility index (Phi) is 5.47. The van der Waals surface area contributed by atoms with Gasteiger partial charge in [0.2, 0.25) is 6.08 Å². The smallest absolute Gasteiger partial charge is 0.308 e. The van der Waals surface area contributed by atoms with Gasteiger partial charge in [0.25, 0.3) is 0 Å². The molecule has 0 aliphatic carbocycles. The zero-order valence-corrected chi connectivity index (χ0v) is 6.26. The Labute approximate surface area is 59.4 Å². The predicted octanol–water partition coefficient (Wildman–Crippen LogP) is 1.02. The minimum absolute atomic E-state index is 0.583. The fourth-order valence-electron chi connectivity index (χ4n) is 0. The number of aliphatic carboxylic acids is 1. The third-order valence-electron chi connectivity index (χ3n) is 0.642. The number of carbonyl (C=O) groups is 1. The molecule has 0 saturated carbocycles. The van der Waals surface area contributed by atoms with Gasteiger partial charge in [0.1, 0.15) is 0 Å². The van der Waals surface area contributed by atoms with Crippen molar-refractivity contribution in [2.75, 3.05) is 0 Å². The molecule has 10 heavy (non-hydrogen) atoms. The largest absolute Gasteiger partial charge is 0.481 e.